The Morgan fingerprint density at radius 1 is 1.17 bits per heavy atom. The van der Waals surface area contributed by atoms with Crippen molar-refractivity contribution in [1.82, 2.24) is 0 Å². The number of rotatable bonds is 2. The van der Waals surface area contributed by atoms with Crippen molar-refractivity contribution in [3.05, 3.63) is 11.6 Å². The van der Waals surface area contributed by atoms with Crippen LogP contribution in [0.1, 0.15) is 65.2 Å². The number of aliphatic hydroxyl groups excluding tert-OH is 1. The Labute approximate surface area is 144 Å². The molecule has 3 fully saturated rings. The molecule has 0 aromatic heterocycles. The molecule has 1 N–H and O–H groups in total. The fraction of sp³-hybridized carbons (Fsp3) is 0.810. The lowest BCUT2D eigenvalue weighted by Gasteiger charge is -2.58. The van der Waals surface area contributed by atoms with Gasteiger partial charge in [0.25, 0.3) is 0 Å². The molecule has 0 aromatic carbocycles. The second-order valence-corrected chi connectivity index (χ2v) is 9.14. The second-order valence-electron chi connectivity index (χ2n) is 9.14. The molecule has 3 saturated carbocycles. The first kappa shape index (κ1) is 16.5. The lowest BCUT2D eigenvalue weighted by molar-refractivity contribution is -0.133. The highest BCUT2D eigenvalue weighted by atomic mass is 16.3. The van der Waals surface area contributed by atoms with Crippen LogP contribution >= 0.6 is 0 Å². The molecule has 0 bridgehead atoms. The molecule has 4 rings (SSSR count). The summed E-state index contributed by atoms with van der Waals surface area (Å²) >= 11 is 0. The fourth-order valence-corrected chi connectivity index (χ4v) is 7.28. The Morgan fingerprint density at radius 3 is 2.67 bits per heavy atom. The van der Waals surface area contributed by atoms with Gasteiger partial charge in [-0.05, 0) is 81.1 Å². The lowest BCUT2D eigenvalue weighted by atomic mass is 9.46. The first-order valence-corrected chi connectivity index (χ1v) is 9.77. The van der Waals surface area contributed by atoms with Gasteiger partial charge in [-0.3, -0.25) is 9.59 Å². The van der Waals surface area contributed by atoms with Gasteiger partial charge in [-0.15, -0.1) is 0 Å². The number of fused-ring (bicyclic) bond motifs is 5. The number of hydrogen-bond acceptors (Lipinski definition) is 3. The standard InChI is InChI=1S/C21H30O3/c1-13(23)17-5-6-19-16-4-3-14-11-15(24)7-9-20(14,2)18(16)8-10-21(17,19)12-22/h11,16-19,22H,3-10,12H2,1-2H3/t16-,17-,18+,19+,20+,21+/m1/s1. The SMILES string of the molecule is CC(=O)[C@H]1CC[C@H]2[C@@H]3CCC4=CC(=O)CC[C@]4(C)[C@H]3CC[C@]12CO. The second kappa shape index (κ2) is 5.52. The van der Waals surface area contributed by atoms with E-state index in [4.69, 9.17) is 0 Å². The summed E-state index contributed by atoms with van der Waals surface area (Å²) in [6.07, 6.45) is 9.94. The van der Waals surface area contributed by atoms with Gasteiger partial charge in [0.05, 0.1) is 0 Å². The number of carbonyl (C=O) groups is 2. The summed E-state index contributed by atoms with van der Waals surface area (Å²) in [7, 11) is 0. The van der Waals surface area contributed by atoms with Gasteiger partial charge in [0.1, 0.15) is 5.78 Å². The van der Waals surface area contributed by atoms with Crippen LogP contribution in [-0.2, 0) is 9.59 Å². The predicted octanol–water partition coefficient (Wildman–Crippen LogP) is 3.70. The molecule has 0 heterocycles. The monoisotopic (exact) mass is 330 g/mol. The summed E-state index contributed by atoms with van der Waals surface area (Å²) in [6.45, 7) is 4.26. The zero-order valence-electron chi connectivity index (χ0n) is 15.0. The van der Waals surface area contributed by atoms with Crippen LogP contribution in [-0.4, -0.2) is 23.3 Å². The Kier molecular flexibility index (Phi) is 3.80. The van der Waals surface area contributed by atoms with E-state index in [2.05, 4.69) is 6.92 Å². The molecule has 3 nitrogen and oxygen atoms in total. The van der Waals surface area contributed by atoms with Gasteiger partial charge in [-0.2, -0.15) is 0 Å². The van der Waals surface area contributed by atoms with E-state index in [1.165, 1.54) is 5.57 Å². The molecule has 0 saturated heterocycles. The van der Waals surface area contributed by atoms with E-state index in [1.54, 1.807) is 6.92 Å². The van der Waals surface area contributed by atoms with Crippen molar-refractivity contribution in [2.24, 2.45) is 34.5 Å². The molecule has 6 atom stereocenters. The predicted molar refractivity (Wildman–Crippen MR) is 92.3 cm³/mol. The van der Waals surface area contributed by atoms with Gasteiger partial charge < -0.3 is 5.11 Å². The largest absolute Gasteiger partial charge is 0.396 e. The number of ketones is 2. The smallest absolute Gasteiger partial charge is 0.155 e. The first-order chi connectivity index (χ1) is 11.4. The summed E-state index contributed by atoms with van der Waals surface area (Å²) in [6, 6.07) is 0. The summed E-state index contributed by atoms with van der Waals surface area (Å²) < 4.78 is 0. The summed E-state index contributed by atoms with van der Waals surface area (Å²) in [5.41, 5.74) is 1.40. The minimum Gasteiger partial charge on any atom is -0.396 e. The topological polar surface area (TPSA) is 54.4 Å². The van der Waals surface area contributed by atoms with E-state index in [0.29, 0.717) is 30.0 Å². The zero-order valence-corrected chi connectivity index (χ0v) is 15.0. The maximum absolute atomic E-state index is 12.2. The maximum atomic E-state index is 12.2. The van der Waals surface area contributed by atoms with E-state index in [9.17, 15) is 14.7 Å². The number of hydrogen-bond donors (Lipinski definition) is 1. The molecule has 132 valence electrons. The Balaban J connectivity index is 1.69. The summed E-state index contributed by atoms with van der Waals surface area (Å²) in [5.74, 6) is 2.37. The zero-order chi connectivity index (χ0) is 17.1. The first-order valence-electron chi connectivity index (χ1n) is 9.77. The molecule has 0 amide bonds. The lowest BCUT2D eigenvalue weighted by Crippen LogP contribution is -2.53. The van der Waals surface area contributed by atoms with E-state index < -0.39 is 0 Å². The molecular weight excluding hydrogens is 300 g/mol. The minimum absolute atomic E-state index is 0.0612. The molecule has 0 aliphatic heterocycles. The molecular formula is C21H30O3. The number of carbonyl (C=O) groups excluding carboxylic acids is 2. The van der Waals surface area contributed by atoms with Crippen LogP contribution in [0.3, 0.4) is 0 Å². The third kappa shape index (κ3) is 2.06. The van der Waals surface area contributed by atoms with Crippen LogP contribution in [0, 0.1) is 34.5 Å². The Bertz CT molecular complexity index is 606. The average Bonchev–Trinajstić information content (AvgIpc) is 2.95. The van der Waals surface area contributed by atoms with Gasteiger partial charge in [0.15, 0.2) is 5.78 Å². The van der Waals surface area contributed by atoms with Crippen LogP contribution in [0.4, 0.5) is 0 Å². The van der Waals surface area contributed by atoms with Crippen molar-refractivity contribution in [2.75, 3.05) is 6.61 Å². The van der Waals surface area contributed by atoms with E-state index in [-0.39, 0.29) is 29.1 Å². The summed E-state index contributed by atoms with van der Waals surface area (Å²) in [5, 5.41) is 10.3. The van der Waals surface area contributed by atoms with Crippen LogP contribution in [0.25, 0.3) is 0 Å². The molecule has 0 unspecified atom stereocenters. The fourth-order valence-electron chi connectivity index (χ4n) is 7.28. The quantitative estimate of drug-likeness (QED) is 0.840. The number of allylic oxidation sites excluding steroid dienone is 1. The normalized spacial score (nSPS) is 47.5. The number of aliphatic hydroxyl groups is 1. The van der Waals surface area contributed by atoms with Crippen molar-refractivity contribution < 1.29 is 14.7 Å². The van der Waals surface area contributed by atoms with Crippen molar-refractivity contribution in [1.29, 1.82) is 0 Å². The van der Waals surface area contributed by atoms with Gasteiger partial charge in [-0.25, -0.2) is 0 Å². The molecule has 0 spiro atoms. The van der Waals surface area contributed by atoms with Crippen molar-refractivity contribution in [3.8, 4) is 0 Å². The Morgan fingerprint density at radius 2 is 1.96 bits per heavy atom. The number of Topliss-reactive ketones (excluding diaryl/α,β-unsaturated/α-hetero) is 1. The van der Waals surface area contributed by atoms with Gasteiger partial charge in [0.2, 0.25) is 0 Å². The highest BCUT2D eigenvalue weighted by Gasteiger charge is 2.61. The van der Waals surface area contributed by atoms with Crippen LogP contribution in [0.2, 0.25) is 0 Å². The van der Waals surface area contributed by atoms with E-state index >= 15 is 0 Å². The molecule has 4 aliphatic carbocycles. The molecule has 24 heavy (non-hydrogen) atoms. The minimum atomic E-state index is -0.158. The maximum Gasteiger partial charge on any atom is 0.155 e. The molecule has 0 radical (unpaired) electrons. The molecule has 0 aromatic rings. The highest BCUT2D eigenvalue weighted by Crippen LogP contribution is 2.66. The Hall–Kier alpha value is -0.960. The molecule has 4 aliphatic rings. The third-order valence-electron chi connectivity index (χ3n) is 8.46. The van der Waals surface area contributed by atoms with Gasteiger partial charge in [-0.1, -0.05) is 12.5 Å². The van der Waals surface area contributed by atoms with Crippen molar-refractivity contribution >= 4 is 11.6 Å². The average molecular weight is 330 g/mol. The van der Waals surface area contributed by atoms with E-state index in [0.717, 1.165) is 44.9 Å². The van der Waals surface area contributed by atoms with Crippen LogP contribution < -0.4 is 0 Å². The van der Waals surface area contributed by atoms with Gasteiger partial charge >= 0.3 is 0 Å². The van der Waals surface area contributed by atoms with Crippen LogP contribution in [0.5, 0.6) is 0 Å². The van der Waals surface area contributed by atoms with Crippen molar-refractivity contribution in [2.45, 2.75) is 65.2 Å². The molecule has 3 heteroatoms. The third-order valence-corrected chi connectivity index (χ3v) is 8.46. The van der Waals surface area contributed by atoms with Crippen LogP contribution in [0.15, 0.2) is 11.6 Å². The van der Waals surface area contributed by atoms with Gasteiger partial charge in [0, 0.05) is 24.4 Å². The highest BCUT2D eigenvalue weighted by molar-refractivity contribution is 5.91. The van der Waals surface area contributed by atoms with E-state index in [1.807, 2.05) is 6.08 Å². The summed E-state index contributed by atoms with van der Waals surface area (Å²) in [4.78, 5) is 24.1. The van der Waals surface area contributed by atoms with Crippen molar-refractivity contribution in [3.63, 3.8) is 0 Å².